The lowest BCUT2D eigenvalue weighted by Gasteiger charge is -2.06. The van der Waals surface area contributed by atoms with E-state index in [9.17, 15) is 13.6 Å². The molecule has 2 aromatic heterocycles. The van der Waals surface area contributed by atoms with Crippen LogP contribution in [0.2, 0.25) is 0 Å². The highest BCUT2D eigenvalue weighted by atomic mass is 32.1. The van der Waals surface area contributed by atoms with Gasteiger partial charge in [-0.05, 0) is 31.2 Å². The van der Waals surface area contributed by atoms with E-state index in [1.165, 1.54) is 24.3 Å². The molecule has 0 bridgehead atoms. The van der Waals surface area contributed by atoms with Crippen molar-refractivity contribution in [1.82, 2.24) is 20.0 Å². The average Bonchev–Trinajstić information content (AvgIpc) is 3.18. The number of carbonyl (C=O) groups is 1. The SMILES string of the molecule is Cc1c(C(=O)Nc2nc3ccccc3s2)nnn1-c1c(F)cccc1F. The number of benzene rings is 2. The summed E-state index contributed by atoms with van der Waals surface area (Å²) in [4.78, 5) is 16.8. The van der Waals surface area contributed by atoms with Crippen molar-refractivity contribution in [2.45, 2.75) is 6.92 Å². The molecule has 0 spiro atoms. The minimum atomic E-state index is -0.795. The molecule has 0 radical (unpaired) electrons. The molecule has 26 heavy (non-hydrogen) atoms. The number of nitrogens with zero attached hydrogens (tertiary/aromatic N) is 4. The van der Waals surface area contributed by atoms with Crippen LogP contribution in [0.15, 0.2) is 42.5 Å². The molecule has 0 saturated carbocycles. The van der Waals surface area contributed by atoms with E-state index in [1.54, 1.807) is 0 Å². The van der Waals surface area contributed by atoms with Crippen molar-refractivity contribution in [1.29, 1.82) is 0 Å². The van der Waals surface area contributed by atoms with Gasteiger partial charge in [0.25, 0.3) is 5.91 Å². The number of thiazole rings is 1. The van der Waals surface area contributed by atoms with Gasteiger partial charge in [0.15, 0.2) is 22.5 Å². The summed E-state index contributed by atoms with van der Waals surface area (Å²) < 4.78 is 29.8. The summed E-state index contributed by atoms with van der Waals surface area (Å²) in [5.41, 5.74) is 0.567. The molecule has 6 nitrogen and oxygen atoms in total. The molecule has 4 aromatic rings. The largest absolute Gasteiger partial charge is 0.296 e. The summed E-state index contributed by atoms with van der Waals surface area (Å²) in [5.74, 6) is -2.14. The first-order valence-electron chi connectivity index (χ1n) is 7.58. The van der Waals surface area contributed by atoms with Gasteiger partial charge in [0.05, 0.1) is 15.9 Å². The van der Waals surface area contributed by atoms with Crippen LogP contribution in [0.25, 0.3) is 15.9 Å². The maximum absolute atomic E-state index is 14.0. The molecule has 2 aromatic carbocycles. The van der Waals surface area contributed by atoms with Gasteiger partial charge >= 0.3 is 0 Å². The number of hydrogen-bond donors (Lipinski definition) is 1. The van der Waals surface area contributed by atoms with Gasteiger partial charge in [-0.15, -0.1) is 5.10 Å². The minimum Gasteiger partial charge on any atom is -0.296 e. The van der Waals surface area contributed by atoms with Gasteiger partial charge in [-0.1, -0.05) is 34.7 Å². The molecular formula is C17H11F2N5OS. The molecule has 0 saturated heterocycles. The van der Waals surface area contributed by atoms with E-state index < -0.39 is 17.5 Å². The van der Waals surface area contributed by atoms with Crippen LogP contribution in [0, 0.1) is 18.6 Å². The zero-order valence-electron chi connectivity index (χ0n) is 13.4. The third kappa shape index (κ3) is 2.72. The number of fused-ring (bicyclic) bond motifs is 1. The van der Waals surface area contributed by atoms with E-state index in [2.05, 4.69) is 20.6 Å². The van der Waals surface area contributed by atoms with Gasteiger partial charge in [-0.25, -0.2) is 18.4 Å². The molecule has 130 valence electrons. The van der Waals surface area contributed by atoms with Crippen molar-refractivity contribution in [3.8, 4) is 5.69 Å². The van der Waals surface area contributed by atoms with Gasteiger partial charge in [0.2, 0.25) is 0 Å². The first-order valence-corrected chi connectivity index (χ1v) is 8.40. The van der Waals surface area contributed by atoms with Gasteiger partial charge in [0, 0.05) is 0 Å². The molecule has 1 amide bonds. The van der Waals surface area contributed by atoms with Crippen LogP contribution in [0.1, 0.15) is 16.2 Å². The Morgan fingerprint density at radius 1 is 1.12 bits per heavy atom. The molecule has 0 aliphatic carbocycles. The van der Waals surface area contributed by atoms with E-state index in [4.69, 9.17) is 0 Å². The number of carbonyl (C=O) groups excluding carboxylic acids is 1. The Bertz CT molecular complexity index is 1080. The molecule has 2 heterocycles. The number of nitrogens with one attached hydrogen (secondary N) is 1. The second-order valence-corrected chi connectivity index (χ2v) is 6.48. The van der Waals surface area contributed by atoms with E-state index in [0.717, 1.165) is 27.0 Å². The third-order valence-electron chi connectivity index (χ3n) is 3.77. The molecule has 0 atom stereocenters. The second-order valence-electron chi connectivity index (χ2n) is 5.45. The zero-order chi connectivity index (χ0) is 18.3. The Balaban J connectivity index is 1.66. The van der Waals surface area contributed by atoms with Crippen LogP contribution < -0.4 is 5.32 Å². The lowest BCUT2D eigenvalue weighted by atomic mass is 10.2. The lowest BCUT2D eigenvalue weighted by Crippen LogP contribution is -2.14. The minimum absolute atomic E-state index is 0.0353. The Labute approximate surface area is 150 Å². The van der Waals surface area contributed by atoms with Gasteiger partial charge in [-0.2, -0.15) is 0 Å². The summed E-state index contributed by atoms with van der Waals surface area (Å²) >= 11 is 1.32. The number of para-hydroxylation sites is 2. The van der Waals surface area contributed by atoms with Gasteiger partial charge in [0.1, 0.15) is 5.69 Å². The third-order valence-corrected chi connectivity index (χ3v) is 4.73. The van der Waals surface area contributed by atoms with Crippen LogP contribution in [-0.2, 0) is 0 Å². The predicted molar refractivity (Wildman–Crippen MR) is 93.6 cm³/mol. The monoisotopic (exact) mass is 371 g/mol. The van der Waals surface area contributed by atoms with Gasteiger partial charge < -0.3 is 0 Å². The highest BCUT2D eigenvalue weighted by Gasteiger charge is 2.22. The zero-order valence-corrected chi connectivity index (χ0v) is 14.2. The molecule has 9 heteroatoms. The standard InChI is InChI=1S/C17H11F2N5OS/c1-9-14(22-23-24(9)15-10(18)5-4-6-11(15)19)16(25)21-17-20-12-7-2-3-8-13(12)26-17/h2-8H,1H3,(H,20,21,25). The summed E-state index contributed by atoms with van der Waals surface area (Å²) in [6, 6.07) is 10.9. The molecule has 0 unspecified atom stereocenters. The van der Waals surface area contributed by atoms with E-state index in [-0.39, 0.29) is 17.1 Å². The summed E-state index contributed by atoms with van der Waals surface area (Å²) in [6.07, 6.45) is 0. The Morgan fingerprint density at radius 2 is 1.85 bits per heavy atom. The van der Waals surface area contributed by atoms with Crippen molar-refractivity contribution in [3.63, 3.8) is 0 Å². The van der Waals surface area contributed by atoms with E-state index >= 15 is 0 Å². The van der Waals surface area contributed by atoms with Crippen molar-refractivity contribution >= 4 is 32.6 Å². The van der Waals surface area contributed by atoms with Crippen molar-refractivity contribution in [2.75, 3.05) is 5.32 Å². The average molecular weight is 371 g/mol. The van der Waals surface area contributed by atoms with Crippen LogP contribution in [0.3, 0.4) is 0 Å². The topological polar surface area (TPSA) is 72.7 Å². The first-order chi connectivity index (χ1) is 12.5. The quantitative estimate of drug-likeness (QED) is 0.596. The fourth-order valence-corrected chi connectivity index (χ4v) is 3.39. The van der Waals surface area contributed by atoms with E-state index in [1.807, 2.05) is 24.3 Å². The van der Waals surface area contributed by atoms with E-state index in [0.29, 0.717) is 5.13 Å². The fraction of sp³-hybridized carbons (Fsp3) is 0.0588. The maximum Gasteiger partial charge on any atom is 0.279 e. The number of amides is 1. The summed E-state index contributed by atoms with van der Waals surface area (Å²) in [5, 5.41) is 10.5. The second kappa shape index (κ2) is 6.26. The Morgan fingerprint density at radius 3 is 2.58 bits per heavy atom. The summed E-state index contributed by atoms with van der Waals surface area (Å²) in [6.45, 7) is 1.51. The molecule has 4 rings (SSSR count). The van der Waals surface area contributed by atoms with Crippen LogP contribution in [-0.4, -0.2) is 25.9 Å². The molecule has 1 N–H and O–H groups in total. The first kappa shape index (κ1) is 16.3. The molecule has 0 fully saturated rings. The van der Waals surface area contributed by atoms with Gasteiger partial charge in [-0.3, -0.25) is 10.1 Å². The summed E-state index contributed by atoms with van der Waals surface area (Å²) in [7, 11) is 0. The fourth-order valence-electron chi connectivity index (χ4n) is 2.52. The lowest BCUT2D eigenvalue weighted by molar-refractivity contribution is 0.102. The highest BCUT2D eigenvalue weighted by molar-refractivity contribution is 7.22. The Kier molecular flexibility index (Phi) is 3.92. The number of rotatable bonds is 3. The number of aromatic nitrogens is 4. The van der Waals surface area contributed by atoms with Crippen molar-refractivity contribution in [3.05, 3.63) is 65.5 Å². The molecular weight excluding hydrogens is 360 g/mol. The van der Waals surface area contributed by atoms with Crippen LogP contribution in [0.4, 0.5) is 13.9 Å². The molecule has 0 aliphatic rings. The number of anilines is 1. The van der Waals surface area contributed by atoms with Crippen LogP contribution in [0.5, 0.6) is 0 Å². The normalized spacial score (nSPS) is 11.0. The number of hydrogen-bond acceptors (Lipinski definition) is 5. The van der Waals surface area contributed by atoms with Crippen molar-refractivity contribution in [2.24, 2.45) is 0 Å². The highest BCUT2D eigenvalue weighted by Crippen LogP contribution is 2.26. The predicted octanol–water partition coefficient (Wildman–Crippen LogP) is 3.72. The maximum atomic E-state index is 14.0. The smallest absolute Gasteiger partial charge is 0.279 e. The van der Waals surface area contributed by atoms with Crippen LogP contribution >= 0.6 is 11.3 Å². The number of halogens is 2. The Hall–Kier alpha value is -3.20. The van der Waals surface area contributed by atoms with Crippen molar-refractivity contribution < 1.29 is 13.6 Å². The molecule has 0 aliphatic heterocycles.